The van der Waals surface area contributed by atoms with Gasteiger partial charge in [-0.25, -0.2) is 4.79 Å². The predicted molar refractivity (Wildman–Crippen MR) is 56.9 cm³/mol. The number of anilines is 1. The molecule has 0 aromatic heterocycles. The van der Waals surface area contributed by atoms with Gasteiger partial charge in [0.2, 0.25) is 0 Å². The standard InChI is InChI=1S/C11H12F3NO2/c1-3-17-10(16)8-5-4-6-9(7-8)15(2)11(12,13)14/h4-7H,3H2,1-2H3. The van der Waals surface area contributed by atoms with Crippen LogP contribution in [-0.4, -0.2) is 25.9 Å². The summed E-state index contributed by atoms with van der Waals surface area (Å²) in [7, 11) is 0.893. The average Bonchev–Trinajstić information content (AvgIpc) is 2.27. The Morgan fingerprint density at radius 2 is 2.06 bits per heavy atom. The van der Waals surface area contributed by atoms with Gasteiger partial charge in [-0.05, 0) is 25.1 Å². The number of hydrogen-bond donors (Lipinski definition) is 0. The van der Waals surface area contributed by atoms with Gasteiger partial charge in [-0.15, -0.1) is 0 Å². The lowest BCUT2D eigenvalue weighted by molar-refractivity contribution is -0.125. The third-order valence-electron chi connectivity index (χ3n) is 2.12. The number of carbonyl (C=O) groups is 1. The summed E-state index contributed by atoms with van der Waals surface area (Å²) in [4.78, 5) is 11.5. The van der Waals surface area contributed by atoms with Gasteiger partial charge in [-0.2, -0.15) is 13.2 Å². The van der Waals surface area contributed by atoms with Crippen LogP contribution in [0.4, 0.5) is 18.9 Å². The summed E-state index contributed by atoms with van der Waals surface area (Å²) >= 11 is 0. The number of hydrogen-bond acceptors (Lipinski definition) is 3. The van der Waals surface area contributed by atoms with Crippen molar-refractivity contribution < 1.29 is 22.7 Å². The van der Waals surface area contributed by atoms with Gasteiger partial charge in [0.1, 0.15) is 0 Å². The first-order valence-corrected chi connectivity index (χ1v) is 4.94. The molecule has 17 heavy (non-hydrogen) atoms. The van der Waals surface area contributed by atoms with Gasteiger partial charge in [-0.3, -0.25) is 4.90 Å². The molecule has 0 radical (unpaired) electrons. The Balaban J connectivity index is 2.97. The maximum absolute atomic E-state index is 12.4. The van der Waals surface area contributed by atoms with E-state index in [1.54, 1.807) is 6.92 Å². The fourth-order valence-electron chi connectivity index (χ4n) is 1.20. The summed E-state index contributed by atoms with van der Waals surface area (Å²) in [5.74, 6) is -0.634. The highest BCUT2D eigenvalue weighted by atomic mass is 19.4. The van der Waals surface area contributed by atoms with Gasteiger partial charge in [0.25, 0.3) is 0 Å². The van der Waals surface area contributed by atoms with Crippen LogP contribution >= 0.6 is 0 Å². The number of rotatable bonds is 3. The third-order valence-corrected chi connectivity index (χ3v) is 2.12. The molecule has 6 heteroatoms. The van der Waals surface area contributed by atoms with E-state index in [2.05, 4.69) is 0 Å². The highest BCUT2D eigenvalue weighted by Gasteiger charge is 2.34. The Bertz CT molecular complexity index is 404. The highest BCUT2D eigenvalue weighted by Crippen LogP contribution is 2.27. The van der Waals surface area contributed by atoms with Crippen molar-refractivity contribution in [1.29, 1.82) is 0 Å². The molecular formula is C11H12F3NO2. The smallest absolute Gasteiger partial charge is 0.462 e. The molecule has 94 valence electrons. The summed E-state index contributed by atoms with van der Waals surface area (Å²) in [6.07, 6.45) is -4.48. The minimum absolute atomic E-state index is 0.0976. The Hall–Kier alpha value is -1.72. The monoisotopic (exact) mass is 247 g/mol. The second-order valence-electron chi connectivity index (χ2n) is 3.30. The van der Waals surface area contributed by atoms with Crippen molar-refractivity contribution in [3.63, 3.8) is 0 Å². The molecule has 0 aliphatic rings. The van der Waals surface area contributed by atoms with E-state index in [0.29, 0.717) is 0 Å². The number of halogens is 3. The lowest BCUT2D eigenvalue weighted by Gasteiger charge is -2.22. The van der Waals surface area contributed by atoms with E-state index in [4.69, 9.17) is 4.74 Å². The molecule has 0 saturated heterocycles. The zero-order valence-corrected chi connectivity index (χ0v) is 9.41. The molecule has 0 fully saturated rings. The van der Waals surface area contributed by atoms with Gasteiger partial charge in [-0.1, -0.05) is 6.07 Å². The van der Waals surface area contributed by atoms with E-state index in [1.807, 2.05) is 0 Å². The van der Waals surface area contributed by atoms with Crippen molar-refractivity contribution in [1.82, 2.24) is 0 Å². The number of benzene rings is 1. The van der Waals surface area contributed by atoms with Crippen molar-refractivity contribution in [2.75, 3.05) is 18.6 Å². The first-order chi connectivity index (χ1) is 7.86. The first-order valence-electron chi connectivity index (χ1n) is 4.94. The summed E-state index contributed by atoms with van der Waals surface area (Å²) < 4.78 is 42.0. The van der Waals surface area contributed by atoms with Crippen LogP contribution in [0.3, 0.4) is 0 Å². The molecule has 0 unspecified atom stereocenters. The zero-order valence-electron chi connectivity index (χ0n) is 9.41. The van der Waals surface area contributed by atoms with Crippen molar-refractivity contribution in [2.24, 2.45) is 0 Å². The molecule has 3 nitrogen and oxygen atoms in total. The molecular weight excluding hydrogens is 235 g/mol. The van der Waals surface area contributed by atoms with E-state index < -0.39 is 12.3 Å². The lowest BCUT2D eigenvalue weighted by atomic mass is 10.2. The Kier molecular flexibility index (Phi) is 3.98. The minimum atomic E-state index is -4.48. The first kappa shape index (κ1) is 13.3. The van der Waals surface area contributed by atoms with Crippen LogP contribution in [0.15, 0.2) is 24.3 Å². The average molecular weight is 247 g/mol. The van der Waals surface area contributed by atoms with E-state index in [-0.39, 0.29) is 22.8 Å². The molecule has 0 atom stereocenters. The molecule has 0 aliphatic heterocycles. The van der Waals surface area contributed by atoms with Crippen molar-refractivity contribution >= 4 is 11.7 Å². The van der Waals surface area contributed by atoms with Crippen molar-refractivity contribution in [3.8, 4) is 0 Å². The quantitative estimate of drug-likeness (QED) is 0.607. The Morgan fingerprint density at radius 1 is 1.41 bits per heavy atom. The van der Waals surface area contributed by atoms with Gasteiger partial charge in [0, 0.05) is 12.7 Å². The Morgan fingerprint density at radius 3 is 2.59 bits per heavy atom. The fourth-order valence-corrected chi connectivity index (χ4v) is 1.20. The highest BCUT2D eigenvalue weighted by molar-refractivity contribution is 5.90. The Labute approximate surface area is 96.8 Å². The minimum Gasteiger partial charge on any atom is -0.462 e. The van der Waals surface area contributed by atoms with Crippen molar-refractivity contribution in [2.45, 2.75) is 13.2 Å². The zero-order chi connectivity index (χ0) is 13.1. The molecule has 0 aliphatic carbocycles. The molecule has 0 heterocycles. The normalized spacial score (nSPS) is 11.1. The molecule has 0 N–H and O–H groups in total. The second-order valence-corrected chi connectivity index (χ2v) is 3.30. The lowest BCUT2D eigenvalue weighted by Crippen LogP contribution is -2.34. The number of carbonyl (C=O) groups excluding carboxylic acids is 1. The number of nitrogens with zero attached hydrogens (tertiary/aromatic N) is 1. The number of esters is 1. The fraction of sp³-hybridized carbons (Fsp3) is 0.364. The molecule has 1 aromatic rings. The SMILES string of the molecule is CCOC(=O)c1cccc(N(C)C(F)(F)F)c1. The van der Waals surface area contributed by atoms with E-state index in [9.17, 15) is 18.0 Å². The van der Waals surface area contributed by atoms with Crippen LogP contribution in [0.25, 0.3) is 0 Å². The van der Waals surface area contributed by atoms with Gasteiger partial charge in [0.05, 0.1) is 12.2 Å². The van der Waals surface area contributed by atoms with Crippen LogP contribution in [-0.2, 0) is 4.74 Å². The van der Waals surface area contributed by atoms with E-state index in [0.717, 1.165) is 13.1 Å². The van der Waals surface area contributed by atoms with Crippen LogP contribution in [0.5, 0.6) is 0 Å². The second kappa shape index (κ2) is 5.07. The number of ether oxygens (including phenoxy) is 1. The number of alkyl halides is 3. The maximum Gasteiger partial charge on any atom is 0.484 e. The van der Waals surface area contributed by atoms with Gasteiger partial charge >= 0.3 is 12.3 Å². The summed E-state index contributed by atoms with van der Waals surface area (Å²) in [6.45, 7) is 1.81. The van der Waals surface area contributed by atoms with Crippen molar-refractivity contribution in [3.05, 3.63) is 29.8 Å². The van der Waals surface area contributed by atoms with Crippen LogP contribution in [0.1, 0.15) is 17.3 Å². The summed E-state index contributed by atoms with van der Waals surface area (Å²) in [5, 5.41) is 0. The van der Waals surface area contributed by atoms with E-state index in [1.165, 1.54) is 18.2 Å². The van der Waals surface area contributed by atoms with Gasteiger partial charge < -0.3 is 4.74 Å². The predicted octanol–water partition coefficient (Wildman–Crippen LogP) is 2.82. The van der Waals surface area contributed by atoms with Gasteiger partial charge in [0.15, 0.2) is 0 Å². The molecule has 0 saturated carbocycles. The van der Waals surface area contributed by atoms with Crippen LogP contribution < -0.4 is 4.90 Å². The largest absolute Gasteiger partial charge is 0.484 e. The topological polar surface area (TPSA) is 29.5 Å². The maximum atomic E-state index is 12.4. The third kappa shape index (κ3) is 3.37. The molecule has 1 aromatic carbocycles. The molecule has 1 rings (SSSR count). The molecule has 0 amide bonds. The van der Waals surface area contributed by atoms with Crippen LogP contribution in [0, 0.1) is 0 Å². The van der Waals surface area contributed by atoms with E-state index >= 15 is 0 Å². The van der Waals surface area contributed by atoms with Crippen LogP contribution in [0.2, 0.25) is 0 Å². The molecule has 0 spiro atoms. The summed E-state index contributed by atoms with van der Waals surface area (Å²) in [5.41, 5.74) is -0.0106. The summed E-state index contributed by atoms with van der Waals surface area (Å²) in [6, 6.07) is 5.21. The molecule has 0 bridgehead atoms.